The fourth-order valence-corrected chi connectivity index (χ4v) is 3.46. The van der Waals surface area contributed by atoms with E-state index in [1.807, 2.05) is 18.3 Å². The van der Waals surface area contributed by atoms with E-state index in [1.165, 1.54) is 30.6 Å². The van der Waals surface area contributed by atoms with Gasteiger partial charge in [-0.1, -0.05) is 0 Å². The third-order valence-corrected chi connectivity index (χ3v) is 4.58. The van der Waals surface area contributed by atoms with Crippen molar-refractivity contribution in [1.29, 1.82) is 0 Å². The number of rotatable bonds is 4. The lowest BCUT2D eigenvalue weighted by molar-refractivity contribution is 0.187. The first kappa shape index (κ1) is 12.1. The van der Waals surface area contributed by atoms with Crippen LogP contribution in [0.3, 0.4) is 0 Å². The first-order valence-electron chi connectivity index (χ1n) is 6.19. The summed E-state index contributed by atoms with van der Waals surface area (Å²) in [7, 11) is 0. The van der Waals surface area contributed by atoms with Crippen LogP contribution in [0.25, 0.3) is 0 Å². The molecule has 0 aliphatic heterocycles. The SMILES string of the molecule is CC(O)CNC(C)c1cc2c(s1)CCCC2. The molecule has 1 aromatic heterocycles. The molecule has 0 spiro atoms. The fourth-order valence-electron chi connectivity index (χ4n) is 2.17. The van der Waals surface area contributed by atoms with Crippen molar-refractivity contribution in [1.82, 2.24) is 5.32 Å². The minimum atomic E-state index is -0.267. The molecule has 0 saturated heterocycles. The van der Waals surface area contributed by atoms with E-state index in [1.54, 1.807) is 10.4 Å². The molecule has 2 atom stereocenters. The van der Waals surface area contributed by atoms with E-state index in [0.717, 1.165) is 0 Å². The van der Waals surface area contributed by atoms with E-state index >= 15 is 0 Å². The number of hydrogen-bond donors (Lipinski definition) is 2. The van der Waals surface area contributed by atoms with E-state index in [-0.39, 0.29) is 6.10 Å². The highest BCUT2D eigenvalue weighted by molar-refractivity contribution is 7.12. The van der Waals surface area contributed by atoms with Gasteiger partial charge in [-0.3, -0.25) is 0 Å². The summed E-state index contributed by atoms with van der Waals surface area (Å²) in [5, 5.41) is 12.6. The van der Waals surface area contributed by atoms with Gasteiger partial charge in [0.15, 0.2) is 0 Å². The summed E-state index contributed by atoms with van der Waals surface area (Å²) in [4.78, 5) is 3.01. The van der Waals surface area contributed by atoms with Gasteiger partial charge in [0.1, 0.15) is 0 Å². The molecule has 90 valence electrons. The van der Waals surface area contributed by atoms with E-state index in [0.29, 0.717) is 12.6 Å². The standard InChI is InChI=1S/C13H21NOS/c1-9(15)8-14-10(2)13-7-11-5-3-4-6-12(11)16-13/h7,9-10,14-15H,3-6,8H2,1-2H3. The molecule has 2 N–H and O–H groups in total. The van der Waals surface area contributed by atoms with Crippen molar-refractivity contribution in [2.45, 2.75) is 51.7 Å². The quantitative estimate of drug-likeness (QED) is 0.846. The van der Waals surface area contributed by atoms with Gasteiger partial charge in [-0.15, -0.1) is 11.3 Å². The molecule has 1 aromatic rings. The van der Waals surface area contributed by atoms with Crippen molar-refractivity contribution in [3.63, 3.8) is 0 Å². The van der Waals surface area contributed by atoms with Crippen molar-refractivity contribution < 1.29 is 5.11 Å². The Morgan fingerprint density at radius 2 is 2.12 bits per heavy atom. The summed E-state index contributed by atoms with van der Waals surface area (Å²) < 4.78 is 0. The van der Waals surface area contributed by atoms with Gasteiger partial charge in [-0.05, 0) is 51.2 Å². The second kappa shape index (κ2) is 5.30. The van der Waals surface area contributed by atoms with Crippen LogP contribution < -0.4 is 5.32 Å². The molecule has 0 aromatic carbocycles. The molecule has 0 bridgehead atoms. The van der Waals surface area contributed by atoms with Crippen LogP contribution in [0, 0.1) is 0 Å². The zero-order valence-electron chi connectivity index (χ0n) is 10.1. The van der Waals surface area contributed by atoms with Crippen LogP contribution in [0.1, 0.15) is 48.0 Å². The van der Waals surface area contributed by atoms with Crippen LogP contribution in [0.2, 0.25) is 0 Å². The van der Waals surface area contributed by atoms with Crippen molar-refractivity contribution in [2.75, 3.05) is 6.54 Å². The maximum atomic E-state index is 9.25. The molecule has 0 fully saturated rings. The van der Waals surface area contributed by atoms with Gasteiger partial charge < -0.3 is 10.4 Å². The molecule has 2 nitrogen and oxygen atoms in total. The van der Waals surface area contributed by atoms with Crippen LogP contribution in [0.4, 0.5) is 0 Å². The molecule has 3 heteroatoms. The number of aliphatic hydroxyl groups excluding tert-OH is 1. The van der Waals surface area contributed by atoms with Crippen LogP contribution in [0.15, 0.2) is 6.07 Å². The van der Waals surface area contributed by atoms with Crippen molar-refractivity contribution >= 4 is 11.3 Å². The number of aryl methyl sites for hydroxylation is 2. The third kappa shape index (κ3) is 2.84. The molecule has 0 amide bonds. The summed E-state index contributed by atoms with van der Waals surface area (Å²) in [5.74, 6) is 0. The lowest BCUT2D eigenvalue weighted by Gasteiger charge is -2.13. The minimum absolute atomic E-state index is 0.267. The molecule has 1 heterocycles. The average Bonchev–Trinajstić information content (AvgIpc) is 2.69. The first-order valence-corrected chi connectivity index (χ1v) is 7.01. The van der Waals surface area contributed by atoms with E-state index in [9.17, 15) is 5.11 Å². The van der Waals surface area contributed by atoms with Gasteiger partial charge in [0.05, 0.1) is 6.10 Å². The normalized spacial score (nSPS) is 19.2. The van der Waals surface area contributed by atoms with Crippen LogP contribution in [0.5, 0.6) is 0 Å². The number of nitrogens with one attached hydrogen (secondary N) is 1. The van der Waals surface area contributed by atoms with Crippen molar-refractivity contribution in [3.8, 4) is 0 Å². The Kier molecular flexibility index (Phi) is 4.00. The summed E-state index contributed by atoms with van der Waals surface area (Å²) in [5.41, 5.74) is 1.57. The van der Waals surface area contributed by atoms with Crippen LogP contribution in [-0.4, -0.2) is 17.8 Å². The molecule has 16 heavy (non-hydrogen) atoms. The Bertz CT molecular complexity index is 322. The summed E-state index contributed by atoms with van der Waals surface area (Å²) in [6.07, 6.45) is 4.95. The smallest absolute Gasteiger partial charge is 0.0636 e. The Balaban J connectivity index is 2.00. The summed E-state index contributed by atoms with van der Waals surface area (Å²) in [6, 6.07) is 2.73. The van der Waals surface area contributed by atoms with Gasteiger partial charge in [0.2, 0.25) is 0 Å². The molecule has 2 rings (SSSR count). The van der Waals surface area contributed by atoms with Gasteiger partial charge in [-0.25, -0.2) is 0 Å². The Labute approximate surface area is 102 Å². The zero-order valence-corrected chi connectivity index (χ0v) is 10.9. The molecule has 1 aliphatic rings. The number of hydrogen-bond acceptors (Lipinski definition) is 3. The summed E-state index contributed by atoms with van der Waals surface area (Å²) in [6.45, 7) is 4.67. The average molecular weight is 239 g/mol. The molecule has 0 saturated carbocycles. The lowest BCUT2D eigenvalue weighted by atomic mass is 9.99. The lowest BCUT2D eigenvalue weighted by Crippen LogP contribution is -2.26. The van der Waals surface area contributed by atoms with Crippen molar-refractivity contribution in [3.05, 3.63) is 21.4 Å². The minimum Gasteiger partial charge on any atom is -0.392 e. The molecule has 0 radical (unpaired) electrons. The fraction of sp³-hybridized carbons (Fsp3) is 0.692. The zero-order chi connectivity index (χ0) is 11.5. The van der Waals surface area contributed by atoms with Gasteiger partial charge >= 0.3 is 0 Å². The van der Waals surface area contributed by atoms with Gasteiger partial charge in [0.25, 0.3) is 0 Å². The van der Waals surface area contributed by atoms with Gasteiger partial charge in [0, 0.05) is 22.3 Å². The highest BCUT2D eigenvalue weighted by Crippen LogP contribution is 2.32. The van der Waals surface area contributed by atoms with Gasteiger partial charge in [-0.2, -0.15) is 0 Å². The molecule has 1 aliphatic carbocycles. The summed E-state index contributed by atoms with van der Waals surface area (Å²) >= 11 is 1.95. The largest absolute Gasteiger partial charge is 0.392 e. The number of fused-ring (bicyclic) bond motifs is 1. The highest BCUT2D eigenvalue weighted by atomic mass is 32.1. The number of aliphatic hydroxyl groups is 1. The van der Waals surface area contributed by atoms with Crippen molar-refractivity contribution in [2.24, 2.45) is 0 Å². The maximum absolute atomic E-state index is 9.25. The molecular weight excluding hydrogens is 218 g/mol. The third-order valence-electron chi connectivity index (χ3n) is 3.16. The molecule has 2 unspecified atom stereocenters. The first-order chi connectivity index (χ1) is 7.66. The van der Waals surface area contributed by atoms with E-state index in [4.69, 9.17) is 0 Å². The van der Waals surface area contributed by atoms with E-state index < -0.39 is 0 Å². The monoisotopic (exact) mass is 239 g/mol. The Morgan fingerprint density at radius 1 is 1.38 bits per heavy atom. The molecular formula is C13H21NOS. The Morgan fingerprint density at radius 3 is 2.81 bits per heavy atom. The predicted molar refractivity (Wildman–Crippen MR) is 69.1 cm³/mol. The number of thiophene rings is 1. The van der Waals surface area contributed by atoms with E-state index in [2.05, 4.69) is 18.3 Å². The second-order valence-corrected chi connectivity index (χ2v) is 5.95. The highest BCUT2D eigenvalue weighted by Gasteiger charge is 2.16. The second-order valence-electron chi connectivity index (χ2n) is 4.78. The predicted octanol–water partition coefficient (Wildman–Crippen LogP) is 2.66. The van der Waals surface area contributed by atoms with Crippen LogP contribution in [-0.2, 0) is 12.8 Å². The Hall–Kier alpha value is -0.380. The van der Waals surface area contributed by atoms with Crippen LogP contribution >= 0.6 is 11.3 Å². The topological polar surface area (TPSA) is 32.3 Å². The maximum Gasteiger partial charge on any atom is 0.0636 e.